The molecule has 0 spiro atoms. The number of nitro benzene ring substituents is 1. The van der Waals surface area contributed by atoms with Gasteiger partial charge in [-0.05, 0) is 40.2 Å². The van der Waals surface area contributed by atoms with Crippen molar-refractivity contribution < 1.29 is 4.92 Å². The van der Waals surface area contributed by atoms with Gasteiger partial charge in [-0.2, -0.15) is 5.26 Å². The summed E-state index contributed by atoms with van der Waals surface area (Å²) in [6.45, 7) is 3.99. The molecule has 1 aromatic heterocycles. The summed E-state index contributed by atoms with van der Waals surface area (Å²) in [7, 11) is 0. The van der Waals surface area contributed by atoms with Crippen LogP contribution in [0.4, 0.5) is 11.4 Å². The normalized spacial score (nSPS) is 15.2. The molecule has 1 aliphatic heterocycles. The maximum absolute atomic E-state index is 11.3. The number of hydrogen-bond acceptors (Lipinski definition) is 6. The lowest BCUT2D eigenvalue weighted by Gasteiger charge is -2.35. The quantitative estimate of drug-likeness (QED) is 0.572. The summed E-state index contributed by atoms with van der Waals surface area (Å²) in [6.07, 6.45) is 0. The van der Waals surface area contributed by atoms with Gasteiger partial charge in [0.2, 0.25) is 0 Å². The molecule has 0 bridgehead atoms. The average Bonchev–Trinajstić information content (AvgIpc) is 2.99. The molecule has 6 nitrogen and oxygen atoms in total. The van der Waals surface area contributed by atoms with Crippen molar-refractivity contribution in [1.82, 2.24) is 4.90 Å². The van der Waals surface area contributed by atoms with Gasteiger partial charge >= 0.3 is 0 Å². The van der Waals surface area contributed by atoms with Gasteiger partial charge in [-0.15, -0.1) is 11.3 Å². The van der Waals surface area contributed by atoms with Crippen molar-refractivity contribution in [2.24, 2.45) is 0 Å². The van der Waals surface area contributed by atoms with Crippen molar-refractivity contribution in [3.63, 3.8) is 0 Å². The van der Waals surface area contributed by atoms with E-state index in [-0.39, 0.29) is 10.6 Å². The van der Waals surface area contributed by atoms with E-state index >= 15 is 0 Å². The Morgan fingerprint density at radius 3 is 2.58 bits per heavy atom. The van der Waals surface area contributed by atoms with Gasteiger partial charge in [0.15, 0.2) is 0 Å². The second-order valence-electron chi connectivity index (χ2n) is 5.54. The molecule has 0 amide bonds. The lowest BCUT2D eigenvalue weighted by molar-refractivity contribution is -0.384. The van der Waals surface area contributed by atoms with Crippen LogP contribution in [0, 0.1) is 21.4 Å². The summed E-state index contributed by atoms with van der Waals surface area (Å²) in [5.41, 5.74) is 1.05. The molecule has 0 unspecified atom stereocenters. The van der Waals surface area contributed by atoms with E-state index in [1.54, 1.807) is 17.4 Å². The second-order valence-corrected chi connectivity index (χ2v) is 8.09. The molecule has 0 atom stereocenters. The van der Waals surface area contributed by atoms with Gasteiger partial charge in [0.25, 0.3) is 5.69 Å². The molecule has 0 radical (unpaired) electrons. The first-order valence-electron chi connectivity index (χ1n) is 7.47. The Morgan fingerprint density at radius 2 is 2.00 bits per heavy atom. The minimum absolute atomic E-state index is 0.0598. The van der Waals surface area contributed by atoms with E-state index in [0.29, 0.717) is 24.3 Å². The van der Waals surface area contributed by atoms with Gasteiger partial charge in [-0.1, -0.05) is 0 Å². The molecule has 124 valence electrons. The van der Waals surface area contributed by atoms with Crippen LogP contribution in [0.5, 0.6) is 0 Å². The number of halogens is 1. The Balaban J connectivity index is 1.70. The highest BCUT2D eigenvalue weighted by Crippen LogP contribution is 2.30. The highest BCUT2D eigenvalue weighted by molar-refractivity contribution is 9.11. The summed E-state index contributed by atoms with van der Waals surface area (Å²) in [4.78, 5) is 16.5. The van der Waals surface area contributed by atoms with Gasteiger partial charge in [0.1, 0.15) is 5.69 Å². The van der Waals surface area contributed by atoms with Gasteiger partial charge < -0.3 is 4.90 Å². The lowest BCUT2D eigenvalue weighted by atomic mass is 10.1. The first-order valence-corrected chi connectivity index (χ1v) is 9.08. The first-order chi connectivity index (χ1) is 11.6. The third-order valence-electron chi connectivity index (χ3n) is 4.02. The first kappa shape index (κ1) is 16.9. The monoisotopic (exact) mass is 406 g/mol. The highest BCUT2D eigenvalue weighted by atomic mass is 79.9. The van der Waals surface area contributed by atoms with Crippen LogP contribution < -0.4 is 4.90 Å². The van der Waals surface area contributed by atoms with E-state index in [2.05, 4.69) is 33.0 Å². The van der Waals surface area contributed by atoms with E-state index in [1.807, 2.05) is 11.0 Å². The fourth-order valence-corrected chi connectivity index (χ4v) is 4.33. The van der Waals surface area contributed by atoms with Gasteiger partial charge in [-0.3, -0.25) is 15.0 Å². The van der Waals surface area contributed by atoms with Crippen molar-refractivity contribution in [1.29, 1.82) is 5.26 Å². The Kier molecular flexibility index (Phi) is 5.14. The van der Waals surface area contributed by atoms with Crippen LogP contribution in [0.3, 0.4) is 0 Å². The molecule has 1 fully saturated rings. The summed E-state index contributed by atoms with van der Waals surface area (Å²) >= 11 is 5.20. The standard InChI is InChI=1S/C16H15BrN4O2S/c17-16-4-2-13(24-16)11-19-5-7-20(8-6-19)15-9-12(10-18)1-3-14(15)21(22)23/h1-4,9H,5-8,11H2. The molecule has 3 rings (SSSR count). The number of piperazine rings is 1. The molecule has 1 saturated heterocycles. The number of nitrogens with zero attached hydrogens (tertiary/aromatic N) is 4. The third-order valence-corrected chi connectivity index (χ3v) is 5.63. The Morgan fingerprint density at radius 1 is 1.25 bits per heavy atom. The summed E-state index contributed by atoms with van der Waals surface area (Å²) in [5, 5.41) is 20.3. The van der Waals surface area contributed by atoms with E-state index in [4.69, 9.17) is 5.26 Å². The molecule has 0 N–H and O–H groups in total. The number of thiophene rings is 1. The third kappa shape index (κ3) is 3.75. The molecule has 0 saturated carbocycles. The summed E-state index contributed by atoms with van der Waals surface area (Å²) < 4.78 is 1.13. The number of benzene rings is 1. The van der Waals surface area contributed by atoms with E-state index in [1.165, 1.54) is 17.0 Å². The number of nitriles is 1. The van der Waals surface area contributed by atoms with Crippen LogP contribution >= 0.6 is 27.3 Å². The Labute approximate surface area is 152 Å². The van der Waals surface area contributed by atoms with Crippen molar-refractivity contribution in [3.05, 3.63) is 54.7 Å². The second kappa shape index (κ2) is 7.30. The summed E-state index contributed by atoms with van der Waals surface area (Å²) in [5.74, 6) is 0. The molecule has 1 aromatic carbocycles. The highest BCUT2D eigenvalue weighted by Gasteiger charge is 2.24. The van der Waals surface area contributed by atoms with Crippen molar-refractivity contribution in [2.45, 2.75) is 6.54 Å². The fraction of sp³-hybridized carbons (Fsp3) is 0.312. The van der Waals surface area contributed by atoms with Crippen LogP contribution in [0.15, 0.2) is 34.1 Å². The summed E-state index contributed by atoms with van der Waals surface area (Å²) in [6, 6.07) is 10.7. The maximum Gasteiger partial charge on any atom is 0.292 e. The van der Waals surface area contributed by atoms with Gasteiger partial charge in [-0.25, -0.2) is 0 Å². The van der Waals surface area contributed by atoms with E-state index in [0.717, 1.165) is 23.4 Å². The van der Waals surface area contributed by atoms with Crippen LogP contribution in [-0.2, 0) is 6.54 Å². The minimum Gasteiger partial charge on any atom is -0.363 e. The largest absolute Gasteiger partial charge is 0.363 e. The van der Waals surface area contributed by atoms with Gasteiger partial charge in [0.05, 0.1) is 20.3 Å². The molecule has 8 heteroatoms. The molecular weight excluding hydrogens is 392 g/mol. The lowest BCUT2D eigenvalue weighted by Crippen LogP contribution is -2.46. The Hall–Kier alpha value is -1.95. The van der Waals surface area contributed by atoms with Crippen molar-refractivity contribution in [3.8, 4) is 6.07 Å². The Bertz CT molecular complexity index is 794. The zero-order chi connectivity index (χ0) is 17.1. The van der Waals surface area contributed by atoms with Crippen molar-refractivity contribution in [2.75, 3.05) is 31.1 Å². The maximum atomic E-state index is 11.3. The van der Waals surface area contributed by atoms with Gasteiger partial charge in [0, 0.05) is 43.7 Å². The smallest absolute Gasteiger partial charge is 0.292 e. The van der Waals surface area contributed by atoms with E-state index in [9.17, 15) is 10.1 Å². The van der Waals surface area contributed by atoms with Crippen molar-refractivity contribution >= 4 is 38.6 Å². The molecule has 2 aromatic rings. The number of nitro groups is 1. The molecule has 2 heterocycles. The number of anilines is 1. The number of hydrogen-bond donors (Lipinski definition) is 0. The molecule has 0 aliphatic carbocycles. The molecule has 1 aliphatic rings. The van der Waals surface area contributed by atoms with Crippen LogP contribution in [0.2, 0.25) is 0 Å². The van der Waals surface area contributed by atoms with Crippen LogP contribution in [0.1, 0.15) is 10.4 Å². The average molecular weight is 407 g/mol. The predicted molar refractivity (Wildman–Crippen MR) is 97.3 cm³/mol. The van der Waals surface area contributed by atoms with Crippen LogP contribution in [-0.4, -0.2) is 36.0 Å². The molecular formula is C16H15BrN4O2S. The minimum atomic E-state index is -0.383. The zero-order valence-electron chi connectivity index (χ0n) is 12.8. The fourth-order valence-electron chi connectivity index (χ4n) is 2.80. The SMILES string of the molecule is N#Cc1ccc([N+](=O)[O-])c(N2CCN(Cc3ccc(Br)s3)CC2)c1. The molecule has 24 heavy (non-hydrogen) atoms. The predicted octanol–water partition coefficient (Wildman–Crippen LogP) is 3.61. The zero-order valence-corrected chi connectivity index (χ0v) is 15.2. The topological polar surface area (TPSA) is 73.4 Å². The van der Waals surface area contributed by atoms with Crippen LogP contribution in [0.25, 0.3) is 0 Å². The van der Waals surface area contributed by atoms with E-state index < -0.39 is 0 Å². The number of rotatable bonds is 4.